The lowest BCUT2D eigenvalue weighted by atomic mass is 9.91. The lowest BCUT2D eigenvalue weighted by molar-refractivity contribution is 0.133. The van der Waals surface area contributed by atoms with Crippen LogP contribution in [0.1, 0.15) is 55.7 Å². The predicted octanol–water partition coefficient (Wildman–Crippen LogP) is 3.33. The molecule has 1 aromatic rings. The van der Waals surface area contributed by atoms with Crippen molar-refractivity contribution in [2.45, 2.75) is 70.5 Å². The predicted molar refractivity (Wildman–Crippen MR) is 101 cm³/mol. The Labute approximate surface area is 151 Å². The van der Waals surface area contributed by atoms with E-state index in [1.165, 1.54) is 55.5 Å². The number of amides is 2. The van der Waals surface area contributed by atoms with E-state index >= 15 is 0 Å². The third-order valence-corrected chi connectivity index (χ3v) is 6.46. The number of likely N-dealkylation sites (tertiary alicyclic amines) is 1. The molecule has 1 saturated carbocycles. The molecule has 0 unspecified atom stereocenters. The summed E-state index contributed by atoms with van der Waals surface area (Å²) in [5.41, 5.74) is 4.23. The first-order valence-corrected chi connectivity index (χ1v) is 10.1. The Morgan fingerprint density at radius 1 is 1.08 bits per heavy atom. The molecule has 4 rings (SSSR count). The maximum atomic E-state index is 12.3. The van der Waals surface area contributed by atoms with Gasteiger partial charge in [0.15, 0.2) is 0 Å². The van der Waals surface area contributed by atoms with Crippen molar-refractivity contribution in [2.24, 2.45) is 0 Å². The lowest BCUT2D eigenvalue weighted by Gasteiger charge is -2.36. The molecule has 0 radical (unpaired) electrons. The fourth-order valence-electron chi connectivity index (χ4n) is 4.54. The van der Waals surface area contributed by atoms with E-state index in [0.29, 0.717) is 12.6 Å². The normalized spacial score (nSPS) is 24.5. The molecule has 0 aromatic heterocycles. The lowest BCUT2D eigenvalue weighted by Crippen LogP contribution is -2.41. The molecule has 2 aliphatic heterocycles. The monoisotopic (exact) mass is 341 g/mol. The second-order valence-electron chi connectivity index (χ2n) is 8.07. The summed E-state index contributed by atoms with van der Waals surface area (Å²) >= 11 is 0. The van der Waals surface area contributed by atoms with Gasteiger partial charge in [0.2, 0.25) is 0 Å². The van der Waals surface area contributed by atoms with Gasteiger partial charge in [-0.2, -0.15) is 0 Å². The zero-order valence-electron chi connectivity index (χ0n) is 15.5. The van der Waals surface area contributed by atoms with Crippen LogP contribution in [0, 0.1) is 0 Å². The van der Waals surface area contributed by atoms with Gasteiger partial charge in [-0.05, 0) is 62.1 Å². The van der Waals surface area contributed by atoms with Crippen LogP contribution in [0.3, 0.4) is 0 Å². The van der Waals surface area contributed by atoms with Gasteiger partial charge in [0.25, 0.3) is 0 Å². The molecular weight excluding hydrogens is 310 g/mol. The number of carbonyl (C=O) groups is 1. The highest BCUT2D eigenvalue weighted by atomic mass is 16.2. The maximum absolute atomic E-state index is 12.3. The first kappa shape index (κ1) is 16.9. The molecule has 1 N–H and O–H groups in total. The van der Waals surface area contributed by atoms with Crippen molar-refractivity contribution >= 4 is 6.03 Å². The SMILES string of the molecule is C[C@@H]1CCCN1C(=O)NCc1ccc2c(c1)CCN(C1CCC1)CC2. The van der Waals surface area contributed by atoms with Crippen molar-refractivity contribution in [3.8, 4) is 0 Å². The van der Waals surface area contributed by atoms with Crippen molar-refractivity contribution in [3.05, 3.63) is 34.9 Å². The van der Waals surface area contributed by atoms with Crippen LogP contribution >= 0.6 is 0 Å². The Kier molecular flexibility index (Phi) is 4.98. The molecule has 1 aromatic carbocycles. The molecule has 2 fully saturated rings. The quantitative estimate of drug-likeness (QED) is 0.915. The zero-order chi connectivity index (χ0) is 17.2. The van der Waals surface area contributed by atoms with Crippen LogP contribution in [0.15, 0.2) is 18.2 Å². The van der Waals surface area contributed by atoms with E-state index in [0.717, 1.165) is 31.8 Å². The number of nitrogens with one attached hydrogen (secondary N) is 1. The van der Waals surface area contributed by atoms with E-state index in [1.54, 1.807) is 0 Å². The van der Waals surface area contributed by atoms with Gasteiger partial charge in [-0.15, -0.1) is 0 Å². The molecule has 1 aliphatic carbocycles. The second-order valence-corrected chi connectivity index (χ2v) is 8.07. The smallest absolute Gasteiger partial charge is 0.317 e. The number of rotatable bonds is 3. The summed E-state index contributed by atoms with van der Waals surface area (Å²) in [7, 11) is 0. The minimum Gasteiger partial charge on any atom is -0.334 e. The third-order valence-electron chi connectivity index (χ3n) is 6.46. The Balaban J connectivity index is 1.35. The fraction of sp³-hybridized carbons (Fsp3) is 0.667. The number of nitrogens with zero attached hydrogens (tertiary/aromatic N) is 2. The number of benzene rings is 1. The first-order chi connectivity index (χ1) is 12.2. The van der Waals surface area contributed by atoms with E-state index in [-0.39, 0.29) is 6.03 Å². The Morgan fingerprint density at radius 2 is 1.88 bits per heavy atom. The van der Waals surface area contributed by atoms with E-state index in [4.69, 9.17) is 0 Å². The van der Waals surface area contributed by atoms with Crippen molar-refractivity contribution in [1.82, 2.24) is 15.1 Å². The molecule has 2 heterocycles. The number of hydrogen-bond acceptors (Lipinski definition) is 2. The van der Waals surface area contributed by atoms with Crippen LogP contribution in [0.5, 0.6) is 0 Å². The summed E-state index contributed by atoms with van der Waals surface area (Å²) in [6.45, 7) is 6.08. The summed E-state index contributed by atoms with van der Waals surface area (Å²) in [6.07, 6.45) is 8.77. The summed E-state index contributed by atoms with van der Waals surface area (Å²) in [5, 5.41) is 3.12. The largest absolute Gasteiger partial charge is 0.334 e. The van der Waals surface area contributed by atoms with E-state index < -0.39 is 0 Å². The highest BCUT2D eigenvalue weighted by Crippen LogP contribution is 2.27. The van der Waals surface area contributed by atoms with E-state index in [1.807, 2.05) is 4.90 Å². The van der Waals surface area contributed by atoms with Crippen molar-refractivity contribution < 1.29 is 4.79 Å². The summed E-state index contributed by atoms with van der Waals surface area (Å²) in [5.74, 6) is 0. The standard InChI is InChI=1S/C21H31N3O/c1-16-4-3-11-24(16)21(25)22-15-17-7-8-18-9-12-23(20-5-2-6-20)13-10-19(18)14-17/h7-8,14,16,20H,2-6,9-13,15H2,1H3,(H,22,25)/t16-/m1/s1. The molecule has 3 aliphatic rings. The number of hydrogen-bond donors (Lipinski definition) is 1. The van der Waals surface area contributed by atoms with Crippen LogP contribution in [-0.4, -0.2) is 47.5 Å². The number of carbonyl (C=O) groups excluding carboxylic acids is 1. The molecule has 1 saturated heterocycles. The Morgan fingerprint density at radius 3 is 2.56 bits per heavy atom. The molecule has 0 bridgehead atoms. The van der Waals surface area contributed by atoms with Gasteiger partial charge in [0.1, 0.15) is 0 Å². The fourth-order valence-corrected chi connectivity index (χ4v) is 4.54. The molecule has 4 heteroatoms. The van der Waals surface area contributed by atoms with Crippen molar-refractivity contribution in [1.29, 1.82) is 0 Å². The molecule has 25 heavy (non-hydrogen) atoms. The van der Waals surface area contributed by atoms with Crippen LogP contribution < -0.4 is 5.32 Å². The Bertz CT molecular complexity index is 626. The zero-order valence-corrected chi connectivity index (χ0v) is 15.5. The van der Waals surface area contributed by atoms with Crippen LogP contribution in [-0.2, 0) is 19.4 Å². The van der Waals surface area contributed by atoms with Crippen LogP contribution in [0.4, 0.5) is 4.79 Å². The maximum Gasteiger partial charge on any atom is 0.317 e. The minimum absolute atomic E-state index is 0.0936. The van der Waals surface area contributed by atoms with Gasteiger partial charge >= 0.3 is 6.03 Å². The van der Waals surface area contributed by atoms with Gasteiger partial charge in [-0.1, -0.05) is 24.6 Å². The van der Waals surface area contributed by atoms with Crippen LogP contribution in [0.25, 0.3) is 0 Å². The third kappa shape index (κ3) is 3.69. The van der Waals surface area contributed by atoms with E-state index in [9.17, 15) is 4.79 Å². The molecule has 4 nitrogen and oxygen atoms in total. The second kappa shape index (κ2) is 7.36. The van der Waals surface area contributed by atoms with Gasteiger partial charge in [-0.3, -0.25) is 4.90 Å². The van der Waals surface area contributed by atoms with Gasteiger partial charge in [0, 0.05) is 38.3 Å². The van der Waals surface area contributed by atoms with Crippen LogP contribution in [0.2, 0.25) is 0 Å². The van der Waals surface area contributed by atoms with Crippen molar-refractivity contribution in [3.63, 3.8) is 0 Å². The molecule has 1 atom stereocenters. The van der Waals surface area contributed by atoms with Crippen molar-refractivity contribution in [2.75, 3.05) is 19.6 Å². The summed E-state index contributed by atoms with van der Waals surface area (Å²) < 4.78 is 0. The molecule has 0 spiro atoms. The van der Waals surface area contributed by atoms with Gasteiger partial charge in [0.05, 0.1) is 0 Å². The topological polar surface area (TPSA) is 35.6 Å². The van der Waals surface area contributed by atoms with Gasteiger partial charge in [-0.25, -0.2) is 4.79 Å². The minimum atomic E-state index is 0.0936. The summed E-state index contributed by atoms with van der Waals surface area (Å²) in [4.78, 5) is 17.0. The molecule has 2 amide bonds. The number of fused-ring (bicyclic) bond motifs is 1. The average molecular weight is 341 g/mol. The highest BCUT2D eigenvalue weighted by Gasteiger charge is 2.27. The summed E-state index contributed by atoms with van der Waals surface area (Å²) in [6, 6.07) is 8.13. The molecule has 136 valence electrons. The van der Waals surface area contributed by atoms with E-state index in [2.05, 4.69) is 35.3 Å². The van der Waals surface area contributed by atoms with Gasteiger partial charge < -0.3 is 10.2 Å². The first-order valence-electron chi connectivity index (χ1n) is 10.1. The highest BCUT2D eigenvalue weighted by molar-refractivity contribution is 5.74. The molecular formula is C21H31N3O. The Hall–Kier alpha value is -1.55. The average Bonchev–Trinajstić information content (AvgIpc) is 2.89. The number of urea groups is 1.